The van der Waals surface area contributed by atoms with Crippen molar-refractivity contribution in [2.45, 2.75) is 25.8 Å². The molecule has 8 heteroatoms. The molecule has 0 bridgehead atoms. The highest BCUT2D eigenvalue weighted by Crippen LogP contribution is 2.42. The molecule has 4 heterocycles. The summed E-state index contributed by atoms with van der Waals surface area (Å²) in [6.45, 7) is 2.98. The summed E-state index contributed by atoms with van der Waals surface area (Å²) in [5.74, 6) is 1.75. The number of aryl methyl sites for hydroxylation is 3. The summed E-state index contributed by atoms with van der Waals surface area (Å²) in [6, 6.07) is 0.201. The summed E-state index contributed by atoms with van der Waals surface area (Å²) in [5.41, 5.74) is 3.00. The van der Waals surface area contributed by atoms with Crippen LogP contribution in [0.3, 0.4) is 0 Å². The SMILES string of the molecule is COc1c([C@@H]2CCCN2c2ncnc3c2cnn3C)c(C)nn1C. The second-order valence-corrected chi connectivity index (χ2v) is 6.19. The minimum atomic E-state index is 0.201. The van der Waals surface area contributed by atoms with E-state index in [1.54, 1.807) is 22.8 Å². The maximum atomic E-state index is 5.61. The van der Waals surface area contributed by atoms with Crippen molar-refractivity contribution in [2.75, 3.05) is 18.6 Å². The number of methoxy groups -OCH3 is 1. The molecule has 126 valence electrons. The second-order valence-electron chi connectivity index (χ2n) is 6.19. The van der Waals surface area contributed by atoms with Crippen LogP contribution in [0.15, 0.2) is 12.5 Å². The Balaban J connectivity index is 1.84. The number of anilines is 1. The van der Waals surface area contributed by atoms with Crippen LogP contribution in [0.25, 0.3) is 11.0 Å². The molecular weight excluding hydrogens is 306 g/mol. The molecule has 3 aromatic heterocycles. The molecule has 4 rings (SSSR count). The van der Waals surface area contributed by atoms with E-state index in [1.165, 1.54) is 0 Å². The topological polar surface area (TPSA) is 73.9 Å². The van der Waals surface area contributed by atoms with Crippen LogP contribution < -0.4 is 9.64 Å². The molecule has 3 aromatic rings. The van der Waals surface area contributed by atoms with Crippen LogP contribution in [-0.2, 0) is 14.1 Å². The first-order valence-electron chi connectivity index (χ1n) is 8.08. The molecule has 0 radical (unpaired) electrons. The average Bonchev–Trinajstić information content (AvgIpc) is 3.25. The molecule has 24 heavy (non-hydrogen) atoms. The van der Waals surface area contributed by atoms with Crippen LogP contribution in [0.2, 0.25) is 0 Å². The van der Waals surface area contributed by atoms with E-state index in [0.29, 0.717) is 0 Å². The van der Waals surface area contributed by atoms with Crippen molar-refractivity contribution < 1.29 is 4.74 Å². The van der Waals surface area contributed by atoms with Gasteiger partial charge in [-0.3, -0.25) is 4.68 Å². The quantitative estimate of drug-likeness (QED) is 0.730. The minimum Gasteiger partial charge on any atom is -0.481 e. The molecule has 1 fully saturated rings. The summed E-state index contributed by atoms with van der Waals surface area (Å²) < 4.78 is 9.20. The molecule has 0 spiro atoms. The van der Waals surface area contributed by atoms with Gasteiger partial charge in [0, 0.05) is 20.6 Å². The van der Waals surface area contributed by atoms with Gasteiger partial charge >= 0.3 is 0 Å². The first-order valence-corrected chi connectivity index (χ1v) is 8.08. The fourth-order valence-corrected chi connectivity index (χ4v) is 3.78. The van der Waals surface area contributed by atoms with Gasteiger partial charge in [0.25, 0.3) is 0 Å². The molecule has 0 saturated carbocycles. The maximum absolute atomic E-state index is 5.61. The van der Waals surface area contributed by atoms with Crippen molar-refractivity contribution in [2.24, 2.45) is 14.1 Å². The van der Waals surface area contributed by atoms with Crippen molar-refractivity contribution in [3.8, 4) is 5.88 Å². The molecular formula is C16H21N7O. The lowest BCUT2D eigenvalue weighted by Crippen LogP contribution is -2.24. The Morgan fingerprint density at radius 3 is 2.83 bits per heavy atom. The first-order chi connectivity index (χ1) is 11.6. The smallest absolute Gasteiger partial charge is 0.216 e. The van der Waals surface area contributed by atoms with Gasteiger partial charge in [-0.25, -0.2) is 14.6 Å². The van der Waals surface area contributed by atoms with Gasteiger partial charge in [-0.15, -0.1) is 0 Å². The zero-order valence-electron chi connectivity index (χ0n) is 14.4. The predicted octanol–water partition coefficient (Wildman–Crippen LogP) is 1.76. The molecule has 0 aliphatic carbocycles. The summed E-state index contributed by atoms with van der Waals surface area (Å²) in [6.07, 6.45) is 5.61. The van der Waals surface area contributed by atoms with Crippen molar-refractivity contribution in [1.29, 1.82) is 0 Å². The van der Waals surface area contributed by atoms with Gasteiger partial charge in [-0.1, -0.05) is 0 Å². The Morgan fingerprint density at radius 2 is 2.04 bits per heavy atom. The first kappa shape index (κ1) is 14.9. The molecule has 1 aliphatic rings. The number of hydrogen-bond acceptors (Lipinski definition) is 6. The summed E-state index contributed by atoms with van der Waals surface area (Å²) >= 11 is 0. The third kappa shape index (κ3) is 2.05. The van der Waals surface area contributed by atoms with Gasteiger partial charge in [0.2, 0.25) is 5.88 Å². The monoisotopic (exact) mass is 327 g/mol. The predicted molar refractivity (Wildman–Crippen MR) is 90.1 cm³/mol. The van der Waals surface area contributed by atoms with Gasteiger partial charge in [0.15, 0.2) is 5.65 Å². The number of rotatable bonds is 3. The second kappa shape index (κ2) is 5.47. The van der Waals surface area contributed by atoms with Crippen molar-refractivity contribution in [3.05, 3.63) is 23.8 Å². The lowest BCUT2D eigenvalue weighted by Gasteiger charge is -2.26. The van der Waals surface area contributed by atoms with Gasteiger partial charge in [0.1, 0.15) is 12.1 Å². The Morgan fingerprint density at radius 1 is 1.21 bits per heavy atom. The fourth-order valence-electron chi connectivity index (χ4n) is 3.78. The lowest BCUT2D eigenvalue weighted by atomic mass is 10.0. The minimum absolute atomic E-state index is 0.201. The zero-order chi connectivity index (χ0) is 16.8. The third-order valence-electron chi connectivity index (χ3n) is 4.77. The van der Waals surface area contributed by atoms with Crippen LogP contribution >= 0.6 is 0 Å². The van der Waals surface area contributed by atoms with E-state index in [9.17, 15) is 0 Å². The molecule has 8 nitrogen and oxygen atoms in total. The van der Waals surface area contributed by atoms with Crippen molar-refractivity contribution in [3.63, 3.8) is 0 Å². The molecule has 0 unspecified atom stereocenters. The molecule has 1 aliphatic heterocycles. The van der Waals surface area contributed by atoms with Crippen molar-refractivity contribution in [1.82, 2.24) is 29.5 Å². The maximum Gasteiger partial charge on any atom is 0.216 e. The van der Waals surface area contributed by atoms with Gasteiger partial charge in [-0.2, -0.15) is 10.2 Å². The Bertz CT molecular complexity index is 897. The Hall–Kier alpha value is -2.64. The normalized spacial score (nSPS) is 17.8. The average molecular weight is 327 g/mol. The van der Waals surface area contributed by atoms with E-state index in [0.717, 1.165) is 53.4 Å². The van der Waals surface area contributed by atoms with Gasteiger partial charge in [0.05, 0.1) is 36.0 Å². The van der Waals surface area contributed by atoms with E-state index in [1.807, 2.05) is 27.2 Å². The summed E-state index contributed by atoms with van der Waals surface area (Å²) in [4.78, 5) is 11.2. The molecule has 0 aromatic carbocycles. The van der Waals surface area contributed by atoms with E-state index < -0.39 is 0 Å². The van der Waals surface area contributed by atoms with Crippen LogP contribution in [-0.4, -0.2) is 43.2 Å². The number of nitrogens with zero attached hydrogens (tertiary/aromatic N) is 7. The molecule has 1 saturated heterocycles. The van der Waals surface area contributed by atoms with Crippen LogP contribution in [0.4, 0.5) is 5.82 Å². The number of ether oxygens (including phenoxy) is 1. The molecule has 0 amide bonds. The molecule has 0 N–H and O–H groups in total. The van der Waals surface area contributed by atoms with Crippen LogP contribution in [0.5, 0.6) is 5.88 Å². The highest BCUT2D eigenvalue weighted by atomic mass is 16.5. The Labute approximate surface area is 140 Å². The number of hydrogen-bond donors (Lipinski definition) is 0. The standard InChI is InChI=1S/C16H21N7O/c1-10-13(16(24-4)22(3)20-10)12-6-5-7-23(12)15-11-8-19-21(2)14(11)17-9-18-15/h8-9,12H,5-7H2,1-4H3/t12-/m0/s1. The fraction of sp³-hybridized carbons (Fsp3) is 0.500. The van der Waals surface area contributed by atoms with E-state index in [4.69, 9.17) is 4.74 Å². The Kier molecular flexibility index (Phi) is 3.40. The summed E-state index contributed by atoms with van der Waals surface area (Å²) in [7, 11) is 5.51. The van der Waals surface area contributed by atoms with Crippen molar-refractivity contribution >= 4 is 16.9 Å². The highest BCUT2D eigenvalue weighted by Gasteiger charge is 2.34. The van der Waals surface area contributed by atoms with Gasteiger partial charge < -0.3 is 9.64 Å². The van der Waals surface area contributed by atoms with E-state index >= 15 is 0 Å². The highest BCUT2D eigenvalue weighted by molar-refractivity contribution is 5.87. The van der Waals surface area contributed by atoms with Crippen LogP contribution in [0.1, 0.15) is 30.1 Å². The molecule has 1 atom stereocenters. The van der Waals surface area contributed by atoms with E-state index in [2.05, 4.69) is 25.1 Å². The largest absolute Gasteiger partial charge is 0.481 e. The van der Waals surface area contributed by atoms with Crippen LogP contribution in [0, 0.1) is 6.92 Å². The van der Waals surface area contributed by atoms with E-state index in [-0.39, 0.29) is 6.04 Å². The zero-order valence-corrected chi connectivity index (χ0v) is 14.4. The summed E-state index contributed by atoms with van der Waals surface area (Å²) in [5, 5.41) is 9.84. The number of aromatic nitrogens is 6. The van der Waals surface area contributed by atoms with Gasteiger partial charge in [-0.05, 0) is 19.8 Å². The third-order valence-corrected chi connectivity index (χ3v) is 4.77. The number of fused-ring (bicyclic) bond motifs is 1. The lowest BCUT2D eigenvalue weighted by molar-refractivity contribution is 0.366.